The van der Waals surface area contributed by atoms with E-state index in [0.29, 0.717) is 37.0 Å². The predicted octanol–water partition coefficient (Wildman–Crippen LogP) is 6.57. The van der Waals surface area contributed by atoms with Crippen molar-refractivity contribution >= 4 is 23.3 Å². The maximum atomic E-state index is 14.0. The molecule has 0 aliphatic heterocycles. The molecule has 3 unspecified atom stereocenters. The maximum Gasteiger partial charge on any atom is 0.305 e. The van der Waals surface area contributed by atoms with Gasteiger partial charge in [-0.05, 0) is 97.1 Å². The van der Waals surface area contributed by atoms with Crippen molar-refractivity contribution in [2.75, 3.05) is 6.61 Å². The van der Waals surface area contributed by atoms with E-state index in [-0.39, 0.29) is 47.3 Å². The van der Waals surface area contributed by atoms with Gasteiger partial charge in [0.1, 0.15) is 0 Å². The molecular weight excluding hydrogens is 528 g/mol. The van der Waals surface area contributed by atoms with E-state index in [9.17, 15) is 24.6 Å². The lowest BCUT2D eigenvalue weighted by Crippen LogP contribution is -2.33. The van der Waals surface area contributed by atoms with Gasteiger partial charge in [0.2, 0.25) is 0 Å². The van der Waals surface area contributed by atoms with Gasteiger partial charge in [-0.3, -0.25) is 14.4 Å². The SMILES string of the molecule is CCCCOC(=O)CCC1CCCCC2C=C(C)/C(=C3/C(=O)C(c4c(C)cc5ccccc(CCC(=O)O)c4-5)=C3[O-])C21. The molecule has 0 aromatic carbocycles. The van der Waals surface area contributed by atoms with Crippen molar-refractivity contribution in [3.05, 3.63) is 75.6 Å². The number of hydrogen-bond donors (Lipinski definition) is 1. The topological polar surface area (TPSA) is 104 Å². The molecule has 0 heterocycles. The highest BCUT2D eigenvalue weighted by molar-refractivity contribution is 6.40. The Bertz CT molecular complexity index is 1460. The number of Topliss-reactive ketones (excluding diaryl/α,β-unsaturated/α-hetero) is 1. The van der Waals surface area contributed by atoms with E-state index in [2.05, 4.69) is 13.0 Å². The first kappa shape index (κ1) is 29.8. The molecule has 0 aromatic heterocycles. The van der Waals surface area contributed by atoms with Crippen molar-refractivity contribution in [2.45, 2.75) is 85.0 Å². The molecule has 6 nitrogen and oxygen atoms in total. The van der Waals surface area contributed by atoms with Gasteiger partial charge in [-0.25, -0.2) is 0 Å². The molecule has 0 radical (unpaired) electrons. The normalized spacial score (nSPS) is 23.8. The highest BCUT2D eigenvalue weighted by atomic mass is 16.5. The van der Waals surface area contributed by atoms with Crippen LogP contribution in [0.25, 0.3) is 16.7 Å². The van der Waals surface area contributed by atoms with Crippen LogP contribution in [0.2, 0.25) is 0 Å². The number of esters is 1. The van der Waals surface area contributed by atoms with Crippen molar-refractivity contribution in [1.82, 2.24) is 0 Å². The molecule has 6 heteroatoms. The van der Waals surface area contributed by atoms with Gasteiger partial charge in [-0.1, -0.05) is 73.9 Å². The highest BCUT2D eigenvalue weighted by Gasteiger charge is 2.43. The van der Waals surface area contributed by atoms with E-state index in [1.54, 1.807) is 0 Å². The van der Waals surface area contributed by atoms with Crippen LogP contribution in [0.3, 0.4) is 0 Å². The van der Waals surface area contributed by atoms with Crippen molar-refractivity contribution < 1.29 is 29.3 Å². The van der Waals surface area contributed by atoms with E-state index in [4.69, 9.17) is 4.74 Å². The summed E-state index contributed by atoms with van der Waals surface area (Å²) in [7, 11) is 0. The molecule has 0 amide bonds. The minimum Gasteiger partial charge on any atom is -0.871 e. The standard InChI is InChI=1S/C36H42O6/c1-4-5-18-42-28(39)17-15-24-11-7-9-13-26-20-22(3)30(32(24)26)34-35(40)33(36(34)41)29-21(2)19-25-12-8-6-10-23(31(25)29)14-16-27(37)38/h6,8,10,12,19-20,24,26,32,40H,4-5,7,9,11,13-18H2,1-3H3,(H,37,38)/p-1/b34-30-. The van der Waals surface area contributed by atoms with Crippen molar-refractivity contribution in [3.63, 3.8) is 0 Å². The number of hydrogen-bond acceptors (Lipinski definition) is 5. The lowest BCUT2D eigenvalue weighted by Gasteiger charge is -2.37. The number of carboxylic acid groups (broad SMARTS) is 1. The summed E-state index contributed by atoms with van der Waals surface area (Å²) in [6.07, 6.45) is 9.57. The summed E-state index contributed by atoms with van der Waals surface area (Å²) in [6.45, 7) is 6.44. The third-order valence-corrected chi connectivity index (χ3v) is 9.38. The number of ether oxygens (including phenoxy) is 1. The minimum absolute atomic E-state index is 0.0318. The molecular formula is C36H41O6-. The number of unbranched alkanes of at least 4 members (excludes halogenated alkanes) is 1. The van der Waals surface area contributed by atoms with Crippen molar-refractivity contribution in [2.24, 2.45) is 17.8 Å². The second-order valence-corrected chi connectivity index (χ2v) is 12.2. The Morgan fingerprint density at radius 3 is 2.55 bits per heavy atom. The van der Waals surface area contributed by atoms with Gasteiger partial charge >= 0.3 is 11.9 Å². The number of carbonyl (C=O) groups excluding carboxylic acids is 2. The molecule has 3 atom stereocenters. The maximum absolute atomic E-state index is 14.0. The molecule has 5 rings (SSSR count). The fraction of sp³-hybridized carbons (Fsp3) is 0.472. The molecule has 1 N–H and O–H groups in total. The number of ketones is 1. The smallest absolute Gasteiger partial charge is 0.305 e. The molecule has 42 heavy (non-hydrogen) atoms. The average Bonchev–Trinajstić information content (AvgIpc) is 3.24. The Morgan fingerprint density at radius 2 is 1.81 bits per heavy atom. The van der Waals surface area contributed by atoms with Crippen LogP contribution in [0.4, 0.5) is 0 Å². The quantitative estimate of drug-likeness (QED) is 0.197. The van der Waals surface area contributed by atoms with Crippen LogP contribution < -0.4 is 5.11 Å². The zero-order valence-corrected chi connectivity index (χ0v) is 25.0. The van der Waals surface area contributed by atoms with Crippen LogP contribution >= 0.6 is 0 Å². The zero-order valence-electron chi connectivity index (χ0n) is 25.0. The summed E-state index contributed by atoms with van der Waals surface area (Å²) in [5, 5.41) is 23.3. The first-order valence-electron chi connectivity index (χ1n) is 15.5. The molecule has 1 fully saturated rings. The van der Waals surface area contributed by atoms with E-state index >= 15 is 0 Å². The molecule has 222 valence electrons. The number of carboxylic acids is 1. The number of carbonyl (C=O) groups is 3. The lowest BCUT2D eigenvalue weighted by molar-refractivity contribution is -0.297. The van der Waals surface area contributed by atoms with Gasteiger partial charge in [0.15, 0.2) is 5.78 Å². The second-order valence-electron chi connectivity index (χ2n) is 12.2. The van der Waals surface area contributed by atoms with Crippen molar-refractivity contribution in [3.8, 4) is 11.1 Å². The minimum atomic E-state index is -0.889. The second kappa shape index (κ2) is 12.7. The summed E-state index contributed by atoms with van der Waals surface area (Å²) in [6, 6.07) is 9.58. The van der Waals surface area contributed by atoms with Crippen LogP contribution in [-0.2, 0) is 25.5 Å². The van der Waals surface area contributed by atoms with Crippen LogP contribution in [-0.4, -0.2) is 29.4 Å². The third kappa shape index (κ3) is 5.68. The number of fused-ring (bicyclic) bond motifs is 2. The number of aliphatic carboxylic acids is 1. The number of rotatable bonds is 10. The van der Waals surface area contributed by atoms with Crippen molar-refractivity contribution in [1.29, 1.82) is 0 Å². The Hall–Kier alpha value is -3.67. The molecule has 0 aromatic rings. The summed E-state index contributed by atoms with van der Waals surface area (Å²) in [4.78, 5) is 37.8. The molecule has 0 spiro atoms. The van der Waals surface area contributed by atoms with Crippen LogP contribution in [0, 0.1) is 24.7 Å². The van der Waals surface area contributed by atoms with Gasteiger partial charge in [0, 0.05) is 24.0 Å². The van der Waals surface area contributed by atoms with Crippen LogP contribution in [0.1, 0.15) is 88.3 Å². The Balaban J connectivity index is 1.52. The van der Waals surface area contributed by atoms with Gasteiger partial charge in [-0.2, -0.15) is 0 Å². The Labute approximate surface area is 248 Å². The van der Waals surface area contributed by atoms with E-state index < -0.39 is 5.97 Å². The third-order valence-electron chi connectivity index (χ3n) is 9.38. The first-order chi connectivity index (χ1) is 20.2. The van der Waals surface area contributed by atoms with Crippen LogP contribution in [0.5, 0.6) is 0 Å². The van der Waals surface area contributed by atoms with E-state index in [1.807, 2.05) is 44.2 Å². The van der Waals surface area contributed by atoms with E-state index in [1.165, 1.54) is 0 Å². The number of allylic oxidation sites excluding steroid dienone is 5. The fourth-order valence-corrected chi connectivity index (χ4v) is 7.45. The lowest BCUT2D eigenvalue weighted by atomic mass is 9.71. The van der Waals surface area contributed by atoms with Gasteiger partial charge in [0.25, 0.3) is 0 Å². The summed E-state index contributed by atoms with van der Waals surface area (Å²) < 4.78 is 5.42. The first-order valence-corrected chi connectivity index (χ1v) is 15.5. The van der Waals surface area contributed by atoms with Gasteiger partial charge in [0.05, 0.1) is 6.61 Å². The number of aryl methyl sites for hydroxylation is 2. The molecule has 5 aliphatic carbocycles. The summed E-state index contributed by atoms with van der Waals surface area (Å²) in [5.74, 6) is -0.947. The average molecular weight is 570 g/mol. The molecule has 0 saturated heterocycles. The Kier molecular flexibility index (Phi) is 9.00. The molecule has 1 saturated carbocycles. The fourth-order valence-electron chi connectivity index (χ4n) is 7.45. The summed E-state index contributed by atoms with van der Waals surface area (Å²) in [5.41, 5.74) is 6.42. The monoisotopic (exact) mass is 569 g/mol. The van der Waals surface area contributed by atoms with E-state index in [0.717, 1.165) is 71.9 Å². The molecule has 0 bridgehead atoms. The van der Waals surface area contributed by atoms with Crippen LogP contribution in [0.15, 0.2) is 58.9 Å². The van der Waals surface area contributed by atoms with Gasteiger partial charge < -0.3 is 14.9 Å². The molecule has 5 aliphatic rings. The highest BCUT2D eigenvalue weighted by Crippen LogP contribution is 2.53. The Morgan fingerprint density at radius 1 is 1.05 bits per heavy atom. The summed E-state index contributed by atoms with van der Waals surface area (Å²) >= 11 is 0. The zero-order chi connectivity index (χ0) is 30.0. The van der Waals surface area contributed by atoms with Gasteiger partial charge in [-0.15, -0.1) is 0 Å². The largest absolute Gasteiger partial charge is 0.871 e. The predicted molar refractivity (Wildman–Crippen MR) is 161 cm³/mol.